The van der Waals surface area contributed by atoms with Gasteiger partial charge in [-0.1, -0.05) is 35.5 Å². The lowest BCUT2D eigenvalue weighted by atomic mass is 10.1. The largest absolute Gasteiger partial charge is 0.370 e. The summed E-state index contributed by atoms with van der Waals surface area (Å²) in [5, 5.41) is 4.65. The van der Waals surface area contributed by atoms with E-state index in [0.29, 0.717) is 42.1 Å². The lowest BCUT2D eigenvalue weighted by molar-refractivity contribution is -0.0227. The van der Waals surface area contributed by atoms with Crippen LogP contribution in [0.5, 0.6) is 0 Å². The van der Waals surface area contributed by atoms with E-state index < -0.39 is 0 Å². The van der Waals surface area contributed by atoms with Gasteiger partial charge in [0.1, 0.15) is 6.10 Å². The van der Waals surface area contributed by atoms with Gasteiger partial charge in [0, 0.05) is 12.2 Å². The highest BCUT2D eigenvalue weighted by atomic mass is 16.5. The average molecular weight is 337 g/mol. The predicted octanol–water partition coefficient (Wildman–Crippen LogP) is 3.05. The van der Waals surface area contributed by atoms with E-state index in [2.05, 4.69) is 10.1 Å². The van der Waals surface area contributed by atoms with Gasteiger partial charge in [-0.05, 0) is 25.5 Å². The van der Waals surface area contributed by atoms with Crippen molar-refractivity contribution >= 4 is 17.0 Å². The van der Waals surface area contributed by atoms with Crippen LogP contribution in [0.1, 0.15) is 33.4 Å². The number of pyridine rings is 1. The molecule has 0 N–H and O–H groups in total. The Kier molecular flexibility index (Phi) is 3.97. The van der Waals surface area contributed by atoms with Crippen molar-refractivity contribution in [1.82, 2.24) is 15.0 Å². The Morgan fingerprint density at radius 2 is 2.04 bits per heavy atom. The highest BCUT2D eigenvalue weighted by molar-refractivity contribution is 6.06. The highest BCUT2D eigenvalue weighted by Crippen LogP contribution is 2.27. The topological polar surface area (TPSA) is 68.5 Å². The molecule has 0 unspecified atom stereocenters. The van der Waals surface area contributed by atoms with E-state index in [-0.39, 0.29) is 12.0 Å². The van der Waals surface area contributed by atoms with Crippen molar-refractivity contribution in [2.45, 2.75) is 20.0 Å². The maximum Gasteiger partial charge on any atom is 0.258 e. The molecule has 2 aromatic heterocycles. The number of aryl methyl sites for hydroxylation is 2. The van der Waals surface area contributed by atoms with Gasteiger partial charge < -0.3 is 14.2 Å². The molecule has 1 atom stereocenters. The molecule has 1 amide bonds. The maximum atomic E-state index is 13.2. The van der Waals surface area contributed by atoms with Gasteiger partial charge in [-0.15, -0.1) is 0 Å². The molecular formula is C19H19N3O3. The van der Waals surface area contributed by atoms with E-state index in [0.717, 1.165) is 11.3 Å². The fourth-order valence-electron chi connectivity index (χ4n) is 3.26. The molecule has 128 valence electrons. The van der Waals surface area contributed by atoms with E-state index >= 15 is 0 Å². The van der Waals surface area contributed by atoms with Crippen LogP contribution in [0, 0.1) is 13.8 Å². The summed E-state index contributed by atoms with van der Waals surface area (Å²) < 4.78 is 11.1. The number of hydrogen-bond donors (Lipinski definition) is 0. The summed E-state index contributed by atoms with van der Waals surface area (Å²) in [5.41, 5.74) is 3.50. The van der Waals surface area contributed by atoms with E-state index in [9.17, 15) is 4.79 Å². The van der Waals surface area contributed by atoms with E-state index in [4.69, 9.17) is 9.26 Å². The Morgan fingerprint density at radius 3 is 2.84 bits per heavy atom. The quantitative estimate of drug-likeness (QED) is 0.719. The van der Waals surface area contributed by atoms with Crippen molar-refractivity contribution in [3.8, 4) is 0 Å². The molecule has 0 saturated carbocycles. The minimum atomic E-state index is -0.110. The van der Waals surface area contributed by atoms with Crippen molar-refractivity contribution < 1.29 is 14.1 Å². The smallest absolute Gasteiger partial charge is 0.258 e. The number of hydrogen-bond acceptors (Lipinski definition) is 5. The highest BCUT2D eigenvalue weighted by Gasteiger charge is 2.28. The first kappa shape index (κ1) is 15.8. The van der Waals surface area contributed by atoms with Gasteiger partial charge in [-0.25, -0.2) is 4.98 Å². The third-order valence-electron chi connectivity index (χ3n) is 4.50. The number of carbonyl (C=O) groups excluding carboxylic acids is 1. The van der Waals surface area contributed by atoms with Crippen molar-refractivity contribution in [1.29, 1.82) is 0 Å². The van der Waals surface area contributed by atoms with Crippen LogP contribution in [0.25, 0.3) is 11.1 Å². The summed E-state index contributed by atoms with van der Waals surface area (Å²) in [4.78, 5) is 19.3. The van der Waals surface area contributed by atoms with Crippen LogP contribution in [-0.2, 0) is 4.74 Å². The molecule has 0 spiro atoms. The molecule has 1 aromatic carbocycles. The number of nitrogens with zero attached hydrogens (tertiary/aromatic N) is 3. The molecule has 3 aromatic rings. The summed E-state index contributed by atoms with van der Waals surface area (Å²) in [7, 11) is 0. The fourth-order valence-corrected chi connectivity index (χ4v) is 3.26. The standard InChI is InChI=1S/C19H19N3O3/c1-12-10-15(17-13(2)21-25-18(17)20-12)19(23)22-8-9-24-16(11-22)14-6-4-3-5-7-14/h3-7,10,16H,8-9,11H2,1-2H3/t16-/m1/s1. The molecule has 1 saturated heterocycles. The Labute approximate surface area is 145 Å². The van der Waals surface area contributed by atoms with Crippen molar-refractivity contribution in [3.63, 3.8) is 0 Å². The Bertz CT molecular complexity index is 920. The number of carbonyl (C=O) groups is 1. The van der Waals surface area contributed by atoms with Crippen LogP contribution in [0.4, 0.5) is 0 Å². The molecule has 1 aliphatic rings. The third kappa shape index (κ3) is 2.89. The van der Waals surface area contributed by atoms with Crippen LogP contribution >= 0.6 is 0 Å². The van der Waals surface area contributed by atoms with Crippen LogP contribution < -0.4 is 0 Å². The molecule has 1 fully saturated rings. The lowest BCUT2D eigenvalue weighted by Gasteiger charge is -2.33. The lowest BCUT2D eigenvalue weighted by Crippen LogP contribution is -2.42. The zero-order chi connectivity index (χ0) is 17.4. The van der Waals surface area contributed by atoms with E-state index in [1.807, 2.05) is 55.1 Å². The Morgan fingerprint density at radius 1 is 1.24 bits per heavy atom. The number of ether oxygens (including phenoxy) is 1. The minimum Gasteiger partial charge on any atom is -0.370 e. The fraction of sp³-hybridized carbons (Fsp3) is 0.316. The van der Waals surface area contributed by atoms with Crippen LogP contribution in [0.15, 0.2) is 40.9 Å². The van der Waals surface area contributed by atoms with Crippen LogP contribution in [0.3, 0.4) is 0 Å². The summed E-state index contributed by atoms with van der Waals surface area (Å²) in [6.07, 6.45) is -0.110. The van der Waals surface area contributed by atoms with Crippen LogP contribution in [0.2, 0.25) is 0 Å². The first-order chi connectivity index (χ1) is 12.1. The van der Waals surface area contributed by atoms with Crippen molar-refractivity contribution in [2.75, 3.05) is 19.7 Å². The first-order valence-corrected chi connectivity index (χ1v) is 8.33. The second kappa shape index (κ2) is 6.29. The Balaban J connectivity index is 1.66. The van der Waals surface area contributed by atoms with Gasteiger partial charge in [-0.3, -0.25) is 4.79 Å². The molecule has 3 heterocycles. The van der Waals surface area contributed by atoms with Gasteiger partial charge in [0.15, 0.2) is 0 Å². The second-order valence-electron chi connectivity index (χ2n) is 6.28. The minimum absolute atomic E-state index is 0.0361. The first-order valence-electron chi connectivity index (χ1n) is 8.33. The number of rotatable bonds is 2. The summed E-state index contributed by atoms with van der Waals surface area (Å²) in [5.74, 6) is -0.0361. The van der Waals surface area contributed by atoms with E-state index in [1.54, 1.807) is 0 Å². The number of amides is 1. The SMILES string of the molecule is Cc1cc(C(=O)N2CCO[C@@H](c3ccccc3)C2)c2c(C)noc2n1. The normalized spacial score (nSPS) is 17.8. The predicted molar refractivity (Wildman–Crippen MR) is 92.3 cm³/mol. The van der Waals surface area contributed by atoms with Gasteiger partial charge in [-0.2, -0.15) is 0 Å². The van der Waals surface area contributed by atoms with E-state index in [1.165, 1.54) is 0 Å². The van der Waals surface area contributed by atoms with Gasteiger partial charge >= 0.3 is 0 Å². The second-order valence-corrected chi connectivity index (χ2v) is 6.28. The van der Waals surface area contributed by atoms with Crippen molar-refractivity contribution in [3.05, 3.63) is 58.9 Å². The zero-order valence-electron chi connectivity index (χ0n) is 14.2. The average Bonchev–Trinajstić information content (AvgIpc) is 3.02. The molecule has 25 heavy (non-hydrogen) atoms. The number of benzene rings is 1. The molecular weight excluding hydrogens is 318 g/mol. The Hall–Kier alpha value is -2.73. The van der Waals surface area contributed by atoms with Gasteiger partial charge in [0.2, 0.25) is 0 Å². The maximum absolute atomic E-state index is 13.2. The molecule has 6 nitrogen and oxygen atoms in total. The molecule has 6 heteroatoms. The number of morpholine rings is 1. The summed E-state index contributed by atoms with van der Waals surface area (Å²) >= 11 is 0. The number of aromatic nitrogens is 2. The molecule has 1 aliphatic heterocycles. The molecule has 4 rings (SSSR count). The van der Waals surface area contributed by atoms with Gasteiger partial charge in [0.25, 0.3) is 11.6 Å². The number of fused-ring (bicyclic) bond motifs is 1. The molecule has 0 bridgehead atoms. The van der Waals surface area contributed by atoms with Crippen LogP contribution in [-0.4, -0.2) is 40.6 Å². The molecule has 0 radical (unpaired) electrons. The summed E-state index contributed by atoms with van der Waals surface area (Å²) in [6.45, 7) is 5.28. The third-order valence-corrected chi connectivity index (χ3v) is 4.50. The van der Waals surface area contributed by atoms with Gasteiger partial charge in [0.05, 0.1) is 29.8 Å². The van der Waals surface area contributed by atoms with Crippen molar-refractivity contribution in [2.24, 2.45) is 0 Å². The molecule has 0 aliphatic carbocycles. The summed E-state index contributed by atoms with van der Waals surface area (Å²) in [6, 6.07) is 11.8. The monoisotopic (exact) mass is 337 g/mol. The zero-order valence-corrected chi connectivity index (χ0v) is 14.2.